The SMILES string of the molecule is CC1CC(C)CC(NC(C)Cc2cccs2)C1. The van der Waals surface area contributed by atoms with Gasteiger partial charge in [-0.05, 0) is 55.9 Å². The van der Waals surface area contributed by atoms with Gasteiger partial charge >= 0.3 is 0 Å². The molecular formula is C15H25NS. The smallest absolute Gasteiger partial charge is 0.00896 e. The van der Waals surface area contributed by atoms with Crippen molar-refractivity contribution in [2.75, 3.05) is 0 Å². The number of thiophene rings is 1. The van der Waals surface area contributed by atoms with E-state index in [9.17, 15) is 0 Å². The summed E-state index contributed by atoms with van der Waals surface area (Å²) in [5, 5.41) is 6.00. The summed E-state index contributed by atoms with van der Waals surface area (Å²) >= 11 is 1.87. The van der Waals surface area contributed by atoms with Crippen molar-refractivity contribution in [3.63, 3.8) is 0 Å². The molecule has 2 rings (SSSR count). The Hall–Kier alpha value is -0.340. The van der Waals surface area contributed by atoms with Crippen molar-refractivity contribution in [1.29, 1.82) is 0 Å². The van der Waals surface area contributed by atoms with Crippen molar-refractivity contribution >= 4 is 11.3 Å². The molecule has 1 N–H and O–H groups in total. The van der Waals surface area contributed by atoms with E-state index in [2.05, 4.69) is 43.6 Å². The van der Waals surface area contributed by atoms with E-state index in [0.29, 0.717) is 6.04 Å². The Balaban J connectivity index is 1.79. The van der Waals surface area contributed by atoms with Crippen LogP contribution < -0.4 is 5.32 Å². The fourth-order valence-corrected chi connectivity index (χ4v) is 4.11. The van der Waals surface area contributed by atoms with Gasteiger partial charge in [-0.15, -0.1) is 11.3 Å². The Morgan fingerprint density at radius 3 is 2.59 bits per heavy atom. The van der Waals surface area contributed by atoms with Gasteiger partial charge in [-0.1, -0.05) is 19.9 Å². The lowest BCUT2D eigenvalue weighted by Crippen LogP contribution is -2.42. The van der Waals surface area contributed by atoms with Crippen LogP contribution in [0.5, 0.6) is 0 Å². The summed E-state index contributed by atoms with van der Waals surface area (Å²) in [6.45, 7) is 7.12. The summed E-state index contributed by atoms with van der Waals surface area (Å²) in [6, 6.07) is 5.74. The molecule has 0 radical (unpaired) electrons. The number of nitrogens with one attached hydrogen (secondary N) is 1. The van der Waals surface area contributed by atoms with E-state index in [-0.39, 0.29) is 0 Å². The fraction of sp³-hybridized carbons (Fsp3) is 0.733. The van der Waals surface area contributed by atoms with Crippen LogP contribution in [0, 0.1) is 11.8 Å². The van der Waals surface area contributed by atoms with E-state index < -0.39 is 0 Å². The molecular weight excluding hydrogens is 226 g/mol. The summed E-state index contributed by atoms with van der Waals surface area (Å²) in [5.41, 5.74) is 0. The Kier molecular flexibility index (Phi) is 4.63. The predicted molar refractivity (Wildman–Crippen MR) is 76.6 cm³/mol. The Labute approximate surface area is 110 Å². The van der Waals surface area contributed by atoms with E-state index in [1.54, 1.807) is 0 Å². The van der Waals surface area contributed by atoms with Crippen LogP contribution in [0.1, 0.15) is 44.9 Å². The van der Waals surface area contributed by atoms with Crippen molar-refractivity contribution in [3.05, 3.63) is 22.4 Å². The molecule has 0 amide bonds. The van der Waals surface area contributed by atoms with E-state index in [4.69, 9.17) is 0 Å². The minimum atomic E-state index is 0.608. The quantitative estimate of drug-likeness (QED) is 0.850. The molecule has 1 aromatic rings. The average molecular weight is 251 g/mol. The van der Waals surface area contributed by atoms with Gasteiger partial charge in [0, 0.05) is 17.0 Å². The normalized spacial score (nSPS) is 31.4. The molecule has 2 heteroatoms. The van der Waals surface area contributed by atoms with Crippen molar-refractivity contribution < 1.29 is 0 Å². The summed E-state index contributed by atoms with van der Waals surface area (Å²) in [5.74, 6) is 1.79. The van der Waals surface area contributed by atoms with Gasteiger partial charge < -0.3 is 5.32 Å². The first-order valence-electron chi connectivity index (χ1n) is 6.92. The van der Waals surface area contributed by atoms with Crippen LogP contribution >= 0.6 is 11.3 Å². The molecule has 3 atom stereocenters. The monoisotopic (exact) mass is 251 g/mol. The first-order chi connectivity index (χ1) is 8.13. The van der Waals surface area contributed by atoms with Gasteiger partial charge in [0.05, 0.1) is 0 Å². The zero-order valence-corrected chi connectivity index (χ0v) is 12.1. The zero-order chi connectivity index (χ0) is 12.3. The summed E-state index contributed by atoms with van der Waals surface area (Å²) in [4.78, 5) is 1.50. The van der Waals surface area contributed by atoms with Crippen molar-refractivity contribution in [2.24, 2.45) is 11.8 Å². The van der Waals surface area contributed by atoms with Gasteiger partial charge in [0.15, 0.2) is 0 Å². The van der Waals surface area contributed by atoms with Gasteiger partial charge in [0.1, 0.15) is 0 Å². The second kappa shape index (κ2) is 6.01. The molecule has 1 saturated carbocycles. The highest BCUT2D eigenvalue weighted by Crippen LogP contribution is 2.28. The van der Waals surface area contributed by atoms with Crippen LogP contribution in [-0.4, -0.2) is 12.1 Å². The average Bonchev–Trinajstić information content (AvgIpc) is 2.67. The minimum Gasteiger partial charge on any atom is -0.311 e. The molecule has 1 nitrogen and oxygen atoms in total. The molecule has 17 heavy (non-hydrogen) atoms. The molecule has 0 saturated heterocycles. The molecule has 1 aliphatic rings. The van der Waals surface area contributed by atoms with Crippen molar-refractivity contribution in [2.45, 2.75) is 58.5 Å². The lowest BCUT2D eigenvalue weighted by molar-refractivity contribution is 0.228. The molecule has 1 aromatic heterocycles. The summed E-state index contributed by atoms with van der Waals surface area (Å²) in [6.07, 6.45) is 5.31. The molecule has 96 valence electrons. The van der Waals surface area contributed by atoms with Gasteiger partial charge in [0.2, 0.25) is 0 Å². The van der Waals surface area contributed by atoms with Crippen LogP contribution in [0.15, 0.2) is 17.5 Å². The Morgan fingerprint density at radius 1 is 1.29 bits per heavy atom. The third-order valence-electron chi connectivity index (χ3n) is 3.79. The van der Waals surface area contributed by atoms with Crippen LogP contribution in [0.2, 0.25) is 0 Å². The molecule has 0 aromatic carbocycles. The number of rotatable bonds is 4. The maximum absolute atomic E-state index is 3.82. The van der Waals surface area contributed by atoms with E-state index in [0.717, 1.165) is 17.9 Å². The second-order valence-corrected chi connectivity index (χ2v) is 7.00. The van der Waals surface area contributed by atoms with Crippen molar-refractivity contribution in [1.82, 2.24) is 5.32 Å². The topological polar surface area (TPSA) is 12.0 Å². The highest BCUT2D eigenvalue weighted by Gasteiger charge is 2.24. The van der Waals surface area contributed by atoms with Gasteiger partial charge in [0.25, 0.3) is 0 Å². The van der Waals surface area contributed by atoms with E-state index in [1.807, 2.05) is 11.3 Å². The number of hydrogen-bond acceptors (Lipinski definition) is 2. The standard InChI is InChI=1S/C15H25NS/c1-11-7-12(2)9-14(8-11)16-13(3)10-15-5-4-6-17-15/h4-6,11-14,16H,7-10H2,1-3H3. The summed E-state index contributed by atoms with van der Waals surface area (Å²) in [7, 11) is 0. The third kappa shape index (κ3) is 4.11. The maximum atomic E-state index is 3.82. The molecule has 1 aliphatic carbocycles. The van der Waals surface area contributed by atoms with Gasteiger partial charge in [-0.25, -0.2) is 0 Å². The van der Waals surface area contributed by atoms with Crippen molar-refractivity contribution in [3.8, 4) is 0 Å². The van der Waals surface area contributed by atoms with Crippen LogP contribution in [-0.2, 0) is 6.42 Å². The highest BCUT2D eigenvalue weighted by molar-refractivity contribution is 7.09. The second-order valence-electron chi connectivity index (χ2n) is 5.97. The van der Waals surface area contributed by atoms with Gasteiger partial charge in [-0.3, -0.25) is 0 Å². The molecule has 1 heterocycles. The Bertz CT molecular complexity index is 310. The van der Waals surface area contributed by atoms with E-state index in [1.165, 1.54) is 30.6 Å². The molecule has 0 bridgehead atoms. The first kappa shape index (κ1) is 13.1. The third-order valence-corrected chi connectivity index (χ3v) is 4.68. The lowest BCUT2D eigenvalue weighted by atomic mass is 9.80. The van der Waals surface area contributed by atoms with Crippen LogP contribution in [0.4, 0.5) is 0 Å². The largest absolute Gasteiger partial charge is 0.311 e. The van der Waals surface area contributed by atoms with Gasteiger partial charge in [-0.2, -0.15) is 0 Å². The van der Waals surface area contributed by atoms with Crippen LogP contribution in [0.25, 0.3) is 0 Å². The molecule has 0 spiro atoms. The molecule has 0 aliphatic heterocycles. The van der Waals surface area contributed by atoms with E-state index >= 15 is 0 Å². The zero-order valence-electron chi connectivity index (χ0n) is 11.3. The molecule has 1 fully saturated rings. The Morgan fingerprint density at radius 2 is 2.00 bits per heavy atom. The number of hydrogen-bond donors (Lipinski definition) is 1. The van der Waals surface area contributed by atoms with Crippen LogP contribution in [0.3, 0.4) is 0 Å². The lowest BCUT2D eigenvalue weighted by Gasteiger charge is -2.34. The predicted octanol–water partition coefficient (Wildman–Crippen LogP) is 4.09. The molecule has 3 unspecified atom stereocenters. The maximum Gasteiger partial charge on any atom is 0.00896 e. The highest BCUT2D eigenvalue weighted by atomic mass is 32.1. The first-order valence-corrected chi connectivity index (χ1v) is 7.80. The minimum absolute atomic E-state index is 0.608. The summed E-state index contributed by atoms with van der Waals surface area (Å²) < 4.78 is 0. The fourth-order valence-electron chi connectivity index (χ4n) is 3.27.